The standard InChI is InChI=1S/C3H3ClNO3/c1-2(6)5(4)3(7)8/h1H3. The predicted octanol–water partition coefficient (Wildman–Crippen LogP) is 0.539. The van der Waals surface area contributed by atoms with E-state index in [0.29, 0.717) is 0 Å². The van der Waals surface area contributed by atoms with Gasteiger partial charge in [-0.05, 0) is 0 Å². The number of carbonyl (C=O) groups is 2. The molecule has 0 aliphatic rings. The van der Waals surface area contributed by atoms with Gasteiger partial charge in [0.2, 0.25) is 5.91 Å². The monoisotopic (exact) mass is 136 g/mol. The molecule has 1 radical (unpaired) electrons. The lowest BCUT2D eigenvalue weighted by atomic mass is 10.7. The van der Waals surface area contributed by atoms with Gasteiger partial charge in [-0.2, -0.15) is 4.42 Å². The zero-order chi connectivity index (χ0) is 6.73. The first kappa shape index (κ1) is 7.23. The van der Waals surface area contributed by atoms with Crippen LogP contribution in [0.4, 0.5) is 4.79 Å². The number of imide groups is 1. The van der Waals surface area contributed by atoms with Crippen LogP contribution in [-0.2, 0) is 9.90 Å². The van der Waals surface area contributed by atoms with Crippen LogP contribution in [0.2, 0.25) is 0 Å². The van der Waals surface area contributed by atoms with E-state index in [0.717, 1.165) is 6.92 Å². The zero-order valence-electron chi connectivity index (χ0n) is 4.05. The number of nitrogens with zero attached hydrogens (tertiary/aromatic N) is 1. The van der Waals surface area contributed by atoms with Gasteiger partial charge in [-0.3, -0.25) is 4.79 Å². The molecule has 45 valence electrons. The molecule has 0 heterocycles. The molecule has 0 rings (SSSR count). The first-order valence-corrected chi connectivity index (χ1v) is 2.07. The van der Waals surface area contributed by atoms with Gasteiger partial charge in [-0.1, -0.05) is 0 Å². The molecular formula is C3H3ClNO3. The van der Waals surface area contributed by atoms with E-state index in [2.05, 4.69) is 0 Å². The van der Waals surface area contributed by atoms with Crippen molar-refractivity contribution in [2.45, 2.75) is 6.92 Å². The molecule has 0 bridgehead atoms. The van der Waals surface area contributed by atoms with Crippen LogP contribution < -0.4 is 0 Å². The van der Waals surface area contributed by atoms with E-state index in [1.54, 1.807) is 0 Å². The molecule has 0 aliphatic carbocycles. The Hall–Kier alpha value is -0.770. The van der Waals surface area contributed by atoms with Gasteiger partial charge in [0.15, 0.2) is 0 Å². The Morgan fingerprint density at radius 2 is 1.88 bits per heavy atom. The highest BCUT2D eigenvalue weighted by atomic mass is 35.5. The van der Waals surface area contributed by atoms with Gasteiger partial charge in [-0.15, -0.1) is 0 Å². The van der Waals surface area contributed by atoms with Crippen molar-refractivity contribution in [3.05, 3.63) is 0 Å². The van der Waals surface area contributed by atoms with E-state index >= 15 is 0 Å². The Kier molecular flexibility index (Phi) is 2.27. The fourth-order valence-corrected chi connectivity index (χ4v) is 0.129. The van der Waals surface area contributed by atoms with Crippen molar-refractivity contribution in [2.75, 3.05) is 0 Å². The summed E-state index contributed by atoms with van der Waals surface area (Å²) in [5.74, 6) is -0.772. The molecule has 0 atom stereocenters. The Morgan fingerprint density at radius 1 is 1.50 bits per heavy atom. The lowest BCUT2D eigenvalue weighted by molar-refractivity contribution is -0.123. The number of carbonyl (C=O) groups excluding carboxylic acids is 2. The molecule has 0 saturated carbocycles. The minimum atomic E-state index is -1.71. The molecule has 0 aromatic heterocycles. The SMILES string of the molecule is CC(=O)N(Cl)C([O])=O. The van der Waals surface area contributed by atoms with E-state index in [1.165, 1.54) is 0 Å². The third kappa shape index (κ3) is 1.79. The van der Waals surface area contributed by atoms with Crippen LogP contribution in [0.5, 0.6) is 0 Å². The van der Waals surface area contributed by atoms with Gasteiger partial charge < -0.3 is 0 Å². The molecule has 5 heteroatoms. The Labute approximate surface area is 50.8 Å². The average molecular weight is 137 g/mol. The fourth-order valence-electron chi connectivity index (χ4n) is 0.129. The summed E-state index contributed by atoms with van der Waals surface area (Å²) >= 11 is 4.77. The maximum absolute atomic E-state index is 9.96. The second-order valence-corrected chi connectivity index (χ2v) is 1.40. The van der Waals surface area contributed by atoms with E-state index in [4.69, 9.17) is 11.8 Å². The van der Waals surface area contributed by atoms with E-state index in [-0.39, 0.29) is 4.42 Å². The van der Waals surface area contributed by atoms with Crippen molar-refractivity contribution in [3.8, 4) is 0 Å². The molecule has 2 amide bonds. The molecule has 8 heavy (non-hydrogen) atoms. The molecule has 4 nitrogen and oxygen atoms in total. The first-order chi connectivity index (χ1) is 3.55. The van der Waals surface area contributed by atoms with Crippen LogP contribution in [0.1, 0.15) is 6.92 Å². The molecule has 0 saturated heterocycles. The van der Waals surface area contributed by atoms with Gasteiger partial charge in [0, 0.05) is 18.7 Å². The van der Waals surface area contributed by atoms with Gasteiger partial charge in [0.1, 0.15) is 0 Å². The molecule has 0 aromatic carbocycles. The van der Waals surface area contributed by atoms with Crippen LogP contribution >= 0.6 is 11.8 Å². The smallest absolute Gasteiger partial charge is 0.273 e. The molecule has 0 aliphatic heterocycles. The van der Waals surface area contributed by atoms with Crippen LogP contribution in [0.15, 0.2) is 0 Å². The number of hydrogen-bond donors (Lipinski definition) is 0. The minimum absolute atomic E-state index is 0.0278. The summed E-state index contributed by atoms with van der Waals surface area (Å²) in [4.78, 5) is 19.6. The third-order valence-electron chi connectivity index (χ3n) is 0.437. The minimum Gasteiger partial charge on any atom is -0.273 e. The first-order valence-electron chi connectivity index (χ1n) is 1.73. The molecule has 0 spiro atoms. The molecular weight excluding hydrogens is 133 g/mol. The summed E-state index contributed by atoms with van der Waals surface area (Å²) in [5, 5.41) is 9.60. The average Bonchev–Trinajstić information content (AvgIpc) is 1.64. The van der Waals surface area contributed by atoms with E-state index < -0.39 is 12.0 Å². The number of halogens is 1. The van der Waals surface area contributed by atoms with Crippen LogP contribution in [0, 0.1) is 0 Å². The Bertz CT molecular complexity index is 110. The van der Waals surface area contributed by atoms with Gasteiger partial charge in [0.25, 0.3) is 0 Å². The maximum atomic E-state index is 9.96. The number of rotatable bonds is 0. The van der Waals surface area contributed by atoms with E-state index in [9.17, 15) is 14.7 Å². The maximum Gasteiger partial charge on any atom is 0.474 e. The predicted molar refractivity (Wildman–Crippen MR) is 24.5 cm³/mol. The summed E-state index contributed by atoms with van der Waals surface area (Å²) in [6, 6.07) is 0. The normalized spacial score (nSPS) is 8.25. The van der Waals surface area contributed by atoms with Crippen molar-refractivity contribution < 1.29 is 14.7 Å². The lowest BCUT2D eigenvalue weighted by Crippen LogP contribution is -2.22. The molecule has 0 unspecified atom stereocenters. The summed E-state index contributed by atoms with van der Waals surface area (Å²) in [7, 11) is 0. The second-order valence-electron chi connectivity index (χ2n) is 1.07. The van der Waals surface area contributed by atoms with Crippen molar-refractivity contribution in [1.82, 2.24) is 4.42 Å². The third-order valence-corrected chi connectivity index (χ3v) is 0.813. The lowest BCUT2D eigenvalue weighted by Gasteiger charge is -1.98. The summed E-state index contributed by atoms with van der Waals surface area (Å²) in [6.45, 7) is 1.02. The quantitative estimate of drug-likeness (QED) is 0.457. The fraction of sp³-hybridized carbons (Fsp3) is 0.333. The zero-order valence-corrected chi connectivity index (χ0v) is 4.81. The van der Waals surface area contributed by atoms with Gasteiger partial charge in [-0.25, -0.2) is 9.90 Å². The van der Waals surface area contributed by atoms with E-state index in [1.807, 2.05) is 0 Å². The highest BCUT2D eigenvalue weighted by Gasteiger charge is 2.14. The largest absolute Gasteiger partial charge is 0.474 e. The van der Waals surface area contributed by atoms with Crippen molar-refractivity contribution in [1.29, 1.82) is 0 Å². The molecule has 0 N–H and O–H groups in total. The molecule has 0 fully saturated rings. The van der Waals surface area contributed by atoms with Crippen LogP contribution in [0.3, 0.4) is 0 Å². The number of amides is 2. The summed E-state index contributed by atoms with van der Waals surface area (Å²) in [6.07, 6.45) is -1.71. The summed E-state index contributed by atoms with van der Waals surface area (Å²) < 4.78 is -0.0278. The van der Waals surface area contributed by atoms with Crippen molar-refractivity contribution in [3.63, 3.8) is 0 Å². The Morgan fingerprint density at radius 3 is 1.88 bits per heavy atom. The molecule has 0 aromatic rings. The topological polar surface area (TPSA) is 57.3 Å². The van der Waals surface area contributed by atoms with Crippen molar-refractivity contribution >= 4 is 23.8 Å². The second kappa shape index (κ2) is 2.52. The van der Waals surface area contributed by atoms with Gasteiger partial charge >= 0.3 is 6.09 Å². The Balaban J connectivity index is 3.83. The highest BCUT2D eigenvalue weighted by Crippen LogP contribution is 1.93. The number of hydrogen-bond acceptors (Lipinski definition) is 2. The highest BCUT2D eigenvalue weighted by molar-refractivity contribution is 6.28. The van der Waals surface area contributed by atoms with Crippen molar-refractivity contribution in [2.24, 2.45) is 0 Å². The van der Waals surface area contributed by atoms with Crippen LogP contribution in [0.25, 0.3) is 0 Å². The van der Waals surface area contributed by atoms with Gasteiger partial charge in [0.05, 0.1) is 0 Å². The summed E-state index contributed by atoms with van der Waals surface area (Å²) in [5.41, 5.74) is 0. The van der Waals surface area contributed by atoms with Crippen LogP contribution in [-0.4, -0.2) is 16.4 Å².